The number of methoxy groups -OCH3 is 12. The molecule has 578 valence electrons. The third-order valence-electron chi connectivity index (χ3n) is 14.7. The fourth-order valence-corrected chi connectivity index (χ4v) is 21.0. The van der Waals surface area contributed by atoms with Crippen molar-refractivity contribution in [3.8, 4) is 69.0 Å². The third kappa shape index (κ3) is 26.6. The molecule has 0 aromatic heterocycles. The Hall–Kier alpha value is -3.11. The van der Waals surface area contributed by atoms with Crippen LogP contribution in [0.1, 0.15) is 44.5 Å². The highest BCUT2D eigenvalue weighted by atomic mass is 127. The second-order valence-corrected chi connectivity index (χ2v) is 50.2. The summed E-state index contributed by atoms with van der Waals surface area (Å²) in [6.45, 7) is 32.6. The molecule has 0 atom stereocenters. The predicted molar refractivity (Wildman–Crippen MR) is 439 cm³/mol. The van der Waals surface area contributed by atoms with Crippen LogP contribution in [0, 0.1) is 42.0 Å². The van der Waals surface area contributed by atoms with Gasteiger partial charge in [0.15, 0.2) is 0 Å². The van der Waals surface area contributed by atoms with Gasteiger partial charge in [0.1, 0.15) is 91.2 Å². The Kier molecular flexibility index (Phi) is 40.2. The Bertz CT molecular complexity index is 3560. The topological polar surface area (TPSA) is 111 Å². The normalized spacial score (nSPS) is 11.6. The van der Waals surface area contributed by atoms with Crippen molar-refractivity contribution < 1.29 is 110 Å². The van der Waals surface area contributed by atoms with Crippen LogP contribution in [0.3, 0.4) is 0 Å². The van der Waals surface area contributed by atoms with Gasteiger partial charge in [0.05, 0.1) is 132 Å². The number of benzene rings is 6. The second kappa shape index (κ2) is 41.5. The van der Waals surface area contributed by atoms with Crippen molar-refractivity contribution >= 4 is 174 Å². The van der Waals surface area contributed by atoms with Gasteiger partial charge in [0.2, 0.25) is 0 Å². The summed E-state index contributed by atoms with van der Waals surface area (Å²) in [5.41, 5.74) is -0.368. The van der Waals surface area contributed by atoms with Crippen molar-refractivity contribution in [2.75, 3.05) is 85.3 Å². The molecule has 0 radical (unpaired) electrons. The maximum absolute atomic E-state index is 13.9. The van der Waals surface area contributed by atoms with E-state index in [1.54, 1.807) is 116 Å². The molecule has 0 saturated heterocycles. The van der Waals surface area contributed by atoms with E-state index >= 15 is 0 Å². The third-order valence-corrected chi connectivity index (χ3v) is 27.5. The number of hydrogen-bond donors (Lipinski definition) is 0. The lowest BCUT2D eigenvalue weighted by Crippen LogP contribution is -2.49. The number of hydrogen-bond acceptors (Lipinski definition) is 12. The highest BCUT2D eigenvalue weighted by molar-refractivity contribution is 14.1. The van der Waals surface area contributed by atoms with Crippen molar-refractivity contribution in [1.82, 2.24) is 0 Å². The predicted octanol–water partition coefficient (Wildman–Crippen LogP) is 21.7. The van der Waals surface area contributed by atoms with E-state index in [4.69, 9.17) is 52.1 Å². The standard InChI is InChI=1S/C16H27F3O2Si2.C14H26O2Si2.2C10H9F3I2O2.C10H11F3O2.C8H10O2.ClI/c1-10-12(20-2)15(23(7,8)9)11(16(17,18)19)13(21-3)14(10)22(4,5)6;1-15-11-9-14(18(6,7)8)12(16-2)10-13(11)17(3,4)5;2*1-4-6(14)9(17-3)5(10(11,12)13)7(15)8(4)16-2;1-6-4-9(15-3)7(10(11,12)13)5-8(6)14-2;1-9-7-3-5-8(10-2)6-4-7;1-2/h1-9H3;9-10H,1-8H3;2*1-3H3;4-5H,1-3H3;3-6H,1-2H3;. The van der Waals surface area contributed by atoms with Crippen LogP contribution in [0.4, 0.5) is 52.7 Å². The van der Waals surface area contributed by atoms with E-state index in [9.17, 15) is 52.7 Å². The van der Waals surface area contributed by atoms with Crippen LogP contribution in [0.2, 0.25) is 78.6 Å². The van der Waals surface area contributed by atoms with Crippen molar-refractivity contribution in [3.05, 3.63) is 107 Å². The Morgan fingerprint density at radius 3 is 0.814 bits per heavy atom. The van der Waals surface area contributed by atoms with Crippen LogP contribution in [0.5, 0.6) is 69.0 Å². The van der Waals surface area contributed by atoms with E-state index in [0.29, 0.717) is 40.0 Å². The van der Waals surface area contributed by atoms with E-state index in [1.165, 1.54) is 73.3 Å². The molecule has 102 heavy (non-hydrogen) atoms. The quantitative estimate of drug-likeness (QED) is 0.0523. The number of alkyl halides is 12. The maximum atomic E-state index is 13.9. The summed E-state index contributed by atoms with van der Waals surface area (Å²) < 4.78 is 219. The van der Waals surface area contributed by atoms with Gasteiger partial charge in [-0.1, -0.05) is 78.6 Å². The molecule has 0 aliphatic carbocycles. The van der Waals surface area contributed by atoms with Crippen molar-refractivity contribution in [1.29, 1.82) is 0 Å². The van der Waals surface area contributed by atoms with E-state index < -0.39 is 79.3 Å². The summed E-state index contributed by atoms with van der Waals surface area (Å²) in [6.07, 6.45) is -17.9. The van der Waals surface area contributed by atoms with E-state index in [1.807, 2.05) is 116 Å². The molecule has 0 spiro atoms. The monoisotopic (exact) mass is 2110 g/mol. The summed E-state index contributed by atoms with van der Waals surface area (Å²) in [7, 11) is 14.7. The summed E-state index contributed by atoms with van der Waals surface area (Å²) in [5, 5.41) is 3.66. The van der Waals surface area contributed by atoms with Gasteiger partial charge in [-0.3, -0.25) is 0 Å². The highest BCUT2D eigenvalue weighted by Gasteiger charge is 2.47. The van der Waals surface area contributed by atoms with Crippen LogP contribution in [-0.4, -0.2) is 118 Å². The van der Waals surface area contributed by atoms with E-state index in [-0.39, 0.29) is 47.4 Å². The van der Waals surface area contributed by atoms with Gasteiger partial charge in [0, 0.05) is 32.6 Å². The van der Waals surface area contributed by atoms with Crippen LogP contribution in [0.25, 0.3) is 0 Å². The Morgan fingerprint density at radius 1 is 0.294 bits per heavy atom. The van der Waals surface area contributed by atoms with Crippen molar-refractivity contribution in [3.63, 3.8) is 0 Å². The Balaban J connectivity index is 0.00000121. The number of aryl methyl sites for hydroxylation is 1. The molecule has 6 aromatic carbocycles. The lowest BCUT2D eigenvalue weighted by Gasteiger charge is -2.33. The molecule has 0 fully saturated rings. The van der Waals surface area contributed by atoms with Gasteiger partial charge in [0.25, 0.3) is 0 Å². The van der Waals surface area contributed by atoms with Gasteiger partial charge in [-0.15, -0.1) is 0 Å². The Morgan fingerprint density at radius 2 is 0.588 bits per heavy atom. The smallest absolute Gasteiger partial charge is 0.421 e. The molecule has 0 amide bonds. The Labute approximate surface area is 669 Å². The molecular formula is C68H92ClF12I5O12Si4. The molecular weight excluding hydrogens is 2020 g/mol. The second-order valence-electron chi connectivity index (χ2n) is 25.9. The molecule has 12 nitrogen and oxygen atoms in total. The van der Waals surface area contributed by atoms with E-state index in [2.05, 4.69) is 65.1 Å². The van der Waals surface area contributed by atoms with Crippen molar-refractivity contribution in [2.45, 2.75) is 131 Å². The van der Waals surface area contributed by atoms with Gasteiger partial charge in [-0.05, 0) is 207 Å². The molecule has 0 unspecified atom stereocenters. The largest absolute Gasteiger partial charge is 0.497 e. The maximum Gasteiger partial charge on any atom is 0.421 e. The minimum Gasteiger partial charge on any atom is -0.497 e. The molecule has 6 aromatic rings. The van der Waals surface area contributed by atoms with Gasteiger partial charge >= 0.3 is 24.7 Å². The number of halogens is 18. The first-order chi connectivity index (χ1) is 46.5. The zero-order valence-electron chi connectivity index (χ0n) is 62.3. The van der Waals surface area contributed by atoms with Gasteiger partial charge in [-0.25, -0.2) is 0 Å². The average molecular weight is 2110 g/mol. The fourth-order valence-electron chi connectivity index (χ4n) is 10.1. The number of ether oxygens (including phenoxy) is 12. The summed E-state index contributed by atoms with van der Waals surface area (Å²) in [4.78, 5) is 0. The summed E-state index contributed by atoms with van der Waals surface area (Å²) >= 11 is 8.54. The molecule has 0 heterocycles. The molecule has 0 saturated carbocycles. The lowest BCUT2D eigenvalue weighted by atomic mass is 10.1. The summed E-state index contributed by atoms with van der Waals surface area (Å²) in [6, 6.07) is 14.1. The summed E-state index contributed by atoms with van der Waals surface area (Å²) in [5.74, 6) is 4.32. The van der Waals surface area contributed by atoms with Crippen LogP contribution in [-0.2, 0) is 24.7 Å². The lowest BCUT2D eigenvalue weighted by molar-refractivity contribution is -0.140. The molecule has 0 aliphatic rings. The minimum absolute atomic E-state index is 0.00704. The zero-order valence-corrected chi connectivity index (χ0v) is 77.9. The first-order valence-electron chi connectivity index (χ1n) is 30.1. The SMILES string of the molecule is COc1c(C(F)(F)F)c([Si](C)(C)C)c(OC)c(C)c1[Si](C)(C)C.COc1c(C)c(I)c(OC)c(C(F)(F)F)c1I.COc1c(C)c(I)c(OC)c(C(F)(F)F)c1I.COc1cc(C(F)(F)F)c(OC)cc1C.COc1cc([Si](C)(C)C)c(OC)cc1[Si](C)(C)C.COc1ccc(OC)cc1.ClI. The van der Waals surface area contributed by atoms with Crippen LogP contribution in [0.15, 0.2) is 48.5 Å². The fraction of sp³-hybridized carbons (Fsp3) is 0.471. The zero-order chi connectivity index (χ0) is 80.3. The molecule has 0 bridgehead atoms. The van der Waals surface area contributed by atoms with Crippen LogP contribution >= 0.6 is 121 Å². The molecule has 34 heteroatoms. The van der Waals surface area contributed by atoms with E-state index in [0.717, 1.165) is 34.6 Å². The molecule has 0 aliphatic heterocycles. The minimum atomic E-state index is -4.48. The molecule has 6 rings (SSSR count). The van der Waals surface area contributed by atoms with Gasteiger partial charge in [-0.2, -0.15) is 52.7 Å². The first-order valence-corrected chi connectivity index (χ1v) is 51.2. The first kappa shape index (κ1) is 98.9. The highest BCUT2D eigenvalue weighted by Crippen LogP contribution is 2.49. The average Bonchev–Trinajstić information content (AvgIpc) is 0.734. The van der Waals surface area contributed by atoms with Crippen molar-refractivity contribution in [2.24, 2.45) is 0 Å². The molecule has 0 N–H and O–H groups in total. The van der Waals surface area contributed by atoms with Crippen LogP contribution < -0.4 is 77.6 Å². The van der Waals surface area contributed by atoms with Gasteiger partial charge < -0.3 is 56.8 Å². The number of rotatable bonds is 16.